The average Bonchev–Trinajstić information content (AvgIpc) is 2.78. The average molecular weight is 443 g/mol. The van der Waals surface area contributed by atoms with Gasteiger partial charge in [-0.1, -0.05) is 24.3 Å². The first-order chi connectivity index (χ1) is 15.3. The van der Waals surface area contributed by atoms with Crippen LogP contribution >= 0.6 is 0 Å². The maximum atomic E-state index is 12.8. The molecule has 0 saturated heterocycles. The molecule has 3 aromatic rings. The molecule has 0 saturated carbocycles. The van der Waals surface area contributed by atoms with E-state index in [1.807, 2.05) is 0 Å². The molecule has 0 bridgehead atoms. The number of carbonyl (C=O) groups excluding carboxylic acids is 2. The van der Waals surface area contributed by atoms with E-state index in [-0.39, 0.29) is 18.1 Å². The first-order valence-electron chi connectivity index (χ1n) is 9.56. The summed E-state index contributed by atoms with van der Waals surface area (Å²) in [6.07, 6.45) is -4.50. The number of alkyl halides is 3. The molecule has 3 amide bonds. The minimum Gasteiger partial charge on any atom is -0.457 e. The number of carbonyl (C=O) groups is 2. The SMILES string of the molecule is CNC(=O)c1ccc(Oc2ccccc2CNC(=O)Nc2cccc(C(F)(F)F)c2)cc1. The van der Waals surface area contributed by atoms with Gasteiger partial charge in [0.15, 0.2) is 0 Å². The number of benzene rings is 3. The fourth-order valence-corrected chi connectivity index (χ4v) is 2.82. The topological polar surface area (TPSA) is 79.5 Å². The van der Waals surface area contributed by atoms with Crippen molar-refractivity contribution in [1.29, 1.82) is 0 Å². The Balaban J connectivity index is 1.63. The van der Waals surface area contributed by atoms with Crippen LogP contribution in [0.5, 0.6) is 11.5 Å². The van der Waals surface area contributed by atoms with Crippen molar-refractivity contribution in [3.8, 4) is 11.5 Å². The number of urea groups is 1. The third-order valence-corrected chi connectivity index (χ3v) is 4.43. The van der Waals surface area contributed by atoms with Crippen LogP contribution < -0.4 is 20.7 Å². The van der Waals surface area contributed by atoms with E-state index in [1.54, 1.807) is 55.6 Å². The number of nitrogens with one attached hydrogen (secondary N) is 3. The largest absolute Gasteiger partial charge is 0.457 e. The number of hydrogen-bond donors (Lipinski definition) is 3. The lowest BCUT2D eigenvalue weighted by atomic mass is 10.2. The highest BCUT2D eigenvalue weighted by Gasteiger charge is 2.30. The van der Waals surface area contributed by atoms with Gasteiger partial charge in [-0.2, -0.15) is 13.2 Å². The Morgan fingerprint density at radius 3 is 2.34 bits per heavy atom. The van der Waals surface area contributed by atoms with E-state index in [0.717, 1.165) is 12.1 Å². The van der Waals surface area contributed by atoms with Gasteiger partial charge in [-0.15, -0.1) is 0 Å². The van der Waals surface area contributed by atoms with Crippen LogP contribution in [-0.2, 0) is 12.7 Å². The molecule has 32 heavy (non-hydrogen) atoms. The van der Waals surface area contributed by atoms with Crippen LogP contribution in [0, 0.1) is 0 Å². The van der Waals surface area contributed by atoms with E-state index in [1.165, 1.54) is 12.1 Å². The summed E-state index contributed by atoms with van der Waals surface area (Å²) in [6.45, 7) is 0.0806. The Morgan fingerprint density at radius 2 is 1.66 bits per heavy atom. The van der Waals surface area contributed by atoms with E-state index in [4.69, 9.17) is 4.74 Å². The molecule has 166 valence electrons. The number of rotatable bonds is 6. The lowest BCUT2D eigenvalue weighted by Gasteiger charge is -2.13. The summed E-state index contributed by atoms with van der Waals surface area (Å²) < 4.78 is 44.3. The molecule has 3 rings (SSSR count). The molecule has 0 radical (unpaired) electrons. The van der Waals surface area contributed by atoms with Gasteiger partial charge in [0.25, 0.3) is 5.91 Å². The molecule has 9 heteroatoms. The standard InChI is InChI=1S/C23H20F3N3O3/c1-27-21(30)15-9-11-19(12-10-15)32-20-8-3-2-5-16(20)14-28-22(31)29-18-7-4-6-17(13-18)23(24,25)26/h2-13H,14H2,1H3,(H,27,30)(H2,28,29,31). The zero-order valence-electron chi connectivity index (χ0n) is 17.0. The van der Waals surface area contributed by atoms with Gasteiger partial charge in [0.05, 0.1) is 5.56 Å². The molecule has 0 aliphatic heterocycles. The second kappa shape index (κ2) is 9.86. The second-order valence-corrected chi connectivity index (χ2v) is 6.70. The quantitative estimate of drug-likeness (QED) is 0.491. The fraction of sp³-hybridized carbons (Fsp3) is 0.130. The molecule has 0 spiro atoms. The Hall–Kier alpha value is -4.01. The molecule has 6 nitrogen and oxygen atoms in total. The Kier molecular flexibility index (Phi) is 6.99. The van der Waals surface area contributed by atoms with Crippen molar-refractivity contribution in [2.75, 3.05) is 12.4 Å². The first-order valence-corrected chi connectivity index (χ1v) is 9.56. The number of ether oxygens (including phenoxy) is 1. The van der Waals surface area contributed by atoms with Crippen molar-refractivity contribution < 1.29 is 27.5 Å². The van der Waals surface area contributed by atoms with Crippen LogP contribution in [0.3, 0.4) is 0 Å². The molecular weight excluding hydrogens is 423 g/mol. The van der Waals surface area contributed by atoms with Crippen LogP contribution in [0.25, 0.3) is 0 Å². The molecule has 0 heterocycles. The molecule has 0 aliphatic rings. The van der Waals surface area contributed by atoms with Crippen LogP contribution in [0.1, 0.15) is 21.5 Å². The summed E-state index contributed by atoms with van der Waals surface area (Å²) in [5.74, 6) is 0.769. The third-order valence-electron chi connectivity index (χ3n) is 4.43. The van der Waals surface area contributed by atoms with Crippen LogP contribution in [0.4, 0.5) is 23.7 Å². The highest BCUT2D eigenvalue weighted by molar-refractivity contribution is 5.94. The molecule has 3 N–H and O–H groups in total. The van der Waals surface area contributed by atoms with E-state index in [2.05, 4.69) is 16.0 Å². The summed E-state index contributed by atoms with van der Waals surface area (Å²) in [5, 5.41) is 7.52. The van der Waals surface area contributed by atoms with Crippen molar-refractivity contribution in [3.05, 3.63) is 89.5 Å². The van der Waals surface area contributed by atoms with Crippen LogP contribution in [0.15, 0.2) is 72.8 Å². The summed E-state index contributed by atoms with van der Waals surface area (Å²) in [7, 11) is 1.54. The van der Waals surface area contributed by atoms with Gasteiger partial charge in [0, 0.05) is 30.4 Å². The van der Waals surface area contributed by atoms with E-state index >= 15 is 0 Å². The summed E-state index contributed by atoms with van der Waals surface area (Å²) >= 11 is 0. The smallest absolute Gasteiger partial charge is 0.416 e. The minimum atomic E-state index is -4.50. The van der Waals surface area contributed by atoms with Crippen molar-refractivity contribution in [1.82, 2.24) is 10.6 Å². The van der Waals surface area contributed by atoms with Crippen molar-refractivity contribution in [2.45, 2.75) is 12.7 Å². The molecular formula is C23H20F3N3O3. The normalized spacial score (nSPS) is 10.9. The number of amides is 3. The predicted octanol–water partition coefficient (Wildman–Crippen LogP) is 5.18. The van der Waals surface area contributed by atoms with Crippen molar-refractivity contribution in [3.63, 3.8) is 0 Å². The lowest BCUT2D eigenvalue weighted by Crippen LogP contribution is -2.28. The monoisotopic (exact) mass is 443 g/mol. The highest BCUT2D eigenvalue weighted by atomic mass is 19.4. The maximum absolute atomic E-state index is 12.8. The fourth-order valence-electron chi connectivity index (χ4n) is 2.82. The van der Waals surface area contributed by atoms with Gasteiger partial charge in [0.2, 0.25) is 0 Å². The van der Waals surface area contributed by atoms with Gasteiger partial charge in [0.1, 0.15) is 11.5 Å². The third kappa shape index (κ3) is 6.00. The first kappa shape index (κ1) is 22.7. The molecule has 0 aliphatic carbocycles. The van der Waals surface area contributed by atoms with Crippen molar-refractivity contribution >= 4 is 17.6 Å². The molecule has 3 aromatic carbocycles. The van der Waals surface area contributed by atoms with Gasteiger partial charge in [-0.05, 0) is 48.5 Å². The number of hydrogen-bond acceptors (Lipinski definition) is 3. The van der Waals surface area contributed by atoms with Gasteiger partial charge >= 0.3 is 12.2 Å². The Bertz CT molecular complexity index is 1100. The zero-order valence-corrected chi connectivity index (χ0v) is 17.0. The molecule has 0 atom stereocenters. The minimum absolute atomic E-state index is 0.0260. The molecule has 0 unspecified atom stereocenters. The maximum Gasteiger partial charge on any atom is 0.416 e. The highest BCUT2D eigenvalue weighted by Crippen LogP contribution is 2.30. The van der Waals surface area contributed by atoms with E-state index in [0.29, 0.717) is 22.6 Å². The van der Waals surface area contributed by atoms with E-state index in [9.17, 15) is 22.8 Å². The van der Waals surface area contributed by atoms with Gasteiger partial charge in [-0.25, -0.2) is 4.79 Å². The lowest BCUT2D eigenvalue weighted by molar-refractivity contribution is -0.137. The van der Waals surface area contributed by atoms with Crippen LogP contribution in [-0.4, -0.2) is 19.0 Å². The number of halogens is 3. The van der Waals surface area contributed by atoms with E-state index < -0.39 is 17.8 Å². The second-order valence-electron chi connectivity index (χ2n) is 6.70. The van der Waals surface area contributed by atoms with Gasteiger partial charge in [-0.3, -0.25) is 4.79 Å². The molecule has 0 aromatic heterocycles. The summed E-state index contributed by atoms with van der Waals surface area (Å²) in [6, 6.07) is 17.3. The predicted molar refractivity (Wildman–Crippen MR) is 114 cm³/mol. The zero-order chi connectivity index (χ0) is 23.1. The summed E-state index contributed by atoms with van der Waals surface area (Å²) in [4.78, 5) is 23.8. The summed E-state index contributed by atoms with van der Waals surface area (Å²) in [5.41, 5.74) is 0.317. The Labute approximate surface area is 182 Å². The van der Waals surface area contributed by atoms with Gasteiger partial charge < -0.3 is 20.7 Å². The molecule has 0 fully saturated rings. The Morgan fingerprint density at radius 1 is 0.938 bits per heavy atom. The van der Waals surface area contributed by atoms with Crippen molar-refractivity contribution in [2.24, 2.45) is 0 Å². The number of anilines is 1. The number of para-hydroxylation sites is 1. The van der Waals surface area contributed by atoms with Crippen LogP contribution in [0.2, 0.25) is 0 Å².